The topological polar surface area (TPSA) is 48.1 Å². The predicted molar refractivity (Wildman–Crippen MR) is 64.4 cm³/mol. The van der Waals surface area contributed by atoms with Crippen LogP contribution < -0.4 is 10.5 Å². The van der Waals surface area contributed by atoms with Crippen LogP contribution in [-0.2, 0) is 6.42 Å². The van der Waals surface area contributed by atoms with Gasteiger partial charge in [0, 0.05) is 18.2 Å². The minimum Gasteiger partial charge on any atom is -0.496 e. The van der Waals surface area contributed by atoms with Crippen LogP contribution in [0.3, 0.4) is 0 Å². The Bertz CT molecular complexity index is 483. The van der Waals surface area contributed by atoms with Gasteiger partial charge in [-0.15, -0.1) is 0 Å². The lowest BCUT2D eigenvalue weighted by Crippen LogP contribution is -2.00. The molecule has 82 valence electrons. The number of nitrogen functional groups attached to an aromatic ring is 1. The molecule has 2 N–H and O–H groups in total. The highest BCUT2D eigenvalue weighted by Gasteiger charge is 2.05. The third-order valence-corrected chi connectivity index (χ3v) is 2.48. The SMILES string of the molecule is COc1ccccc1Cc1ncccc1N. The summed E-state index contributed by atoms with van der Waals surface area (Å²) in [7, 11) is 1.67. The quantitative estimate of drug-likeness (QED) is 0.852. The molecule has 0 aliphatic carbocycles. The van der Waals surface area contributed by atoms with E-state index in [0.717, 1.165) is 17.0 Å². The lowest BCUT2D eigenvalue weighted by Gasteiger charge is -2.08. The van der Waals surface area contributed by atoms with Gasteiger partial charge in [-0.05, 0) is 18.2 Å². The zero-order chi connectivity index (χ0) is 11.4. The number of hydrogen-bond acceptors (Lipinski definition) is 3. The first kappa shape index (κ1) is 10.5. The van der Waals surface area contributed by atoms with Crippen molar-refractivity contribution in [1.29, 1.82) is 0 Å². The van der Waals surface area contributed by atoms with Crippen molar-refractivity contribution in [3.63, 3.8) is 0 Å². The van der Waals surface area contributed by atoms with Crippen molar-refractivity contribution in [2.75, 3.05) is 12.8 Å². The van der Waals surface area contributed by atoms with Gasteiger partial charge in [-0.2, -0.15) is 0 Å². The Morgan fingerprint density at radius 1 is 1.19 bits per heavy atom. The van der Waals surface area contributed by atoms with Crippen LogP contribution in [0.25, 0.3) is 0 Å². The van der Waals surface area contributed by atoms with E-state index >= 15 is 0 Å². The number of methoxy groups -OCH3 is 1. The zero-order valence-corrected chi connectivity index (χ0v) is 9.18. The van der Waals surface area contributed by atoms with Gasteiger partial charge >= 0.3 is 0 Å². The number of aromatic nitrogens is 1. The molecular formula is C13H14N2O. The molecule has 1 heterocycles. The Morgan fingerprint density at radius 2 is 2.00 bits per heavy atom. The summed E-state index contributed by atoms with van der Waals surface area (Å²) in [5.74, 6) is 0.868. The molecule has 1 aromatic heterocycles. The van der Waals surface area contributed by atoms with E-state index in [0.29, 0.717) is 12.1 Å². The van der Waals surface area contributed by atoms with Crippen LogP contribution in [0.2, 0.25) is 0 Å². The van der Waals surface area contributed by atoms with Crippen LogP contribution in [-0.4, -0.2) is 12.1 Å². The lowest BCUT2D eigenvalue weighted by molar-refractivity contribution is 0.410. The molecule has 2 aromatic rings. The van der Waals surface area contributed by atoms with Gasteiger partial charge in [0.1, 0.15) is 5.75 Å². The molecule has 0 bridgehead atoms. The number of pyridine rings is 1. The molecule has 0 unspecified atom stereocenters. The fourth-order valence-corrected chi connectivity index (χ4v) is 1.63. The number of nitrogens with two attached hydrogens (primary N) is 1. The van der Waals surface area contributed by atoms with Crippen LogP contribution in [0.15, 0.2) is 42.6 Å². The van der Waals surface area contributed by atoms with Crippen molar-refractivity contribution < 1.29 is 4.74 Å². The van der Waals surface area contributed by atoms with E-state index in [1.54, 1.807) is 13.3 Å². The van der Waals surface area contributed by atoms with Gasteiger partial charge in [0.05, 0.1) is 18.5 Å². The molecule has 0 fully saturated rings. The van der Waals surface area contributed by atoms with Gasteiger partial charge in [0.25, 0.3) is 0 Å². The molecule has 0 atom stereocenters. The summed E-state index contributed by atoms with van der Waals surface area (Å²) in [6.45, 7) is 0. The molecule has 3 heteroatoms. The van der Waals surface area contributed by atoms with Crippen molar-refractivity contribution in [1.82, 2.24) is 4.98 Å². The number of nitrogens with zero attached hydrogens (tertiary/aromatic N) is 1. The second-order valence-corrected chi connectivity index (χ2v) is 3.53. The summed E-state index contributed by atoms with van der Waals surface area (Å²) in [6, 6.07) is 11.6. The van der Waals surface area contributed by atoms with Crippen molar-refractivity contribution in [3.05, 3.63) is 53.9 Å². The van der Waals surface area contributed by atoms with Gasteiger partial charge in [-0.1, -0.05) is 18.2 Å². The summed E-state index contributed by atoms with van der Waals surface area (Å²) < 4.78 is 5.29. The van der Waals surface area contributed by atoms with Crippen LogP contribution in [0.4, 0.5) is 5.69 Å². The summed E-state index contributed by atoms with van der Waals surface area (Å²) in [5.41, 5.74) is 8.55. The molecule has 0 aliphatic rings. The van der Waals surface area contributed by atoms with E-state index < -0.39 is 0 Å². The highest BCUT2D eigenvalue weighted by atomic mass is 16.5. The Labute approximate surface area is 94.9 Å². The van der Waals surface area contributed by atoms with Crippen LogP contribution in [0.5, 0.6) is 5.75 Å². The van der Waals surface area contributed by atoms with Crippen molar-refractivity contribution in [2.45, 2.75) is 6.42 Å². The molecular weight excluding hydrogens is 200 g/mol. The van der Waals surface area contributed by atoms with Crippen LogP contribution in [0.1, 0.15) is 11.3 Å². The van der Waals surface area contributed by atoms with Gasteiger partial charge in [0.15, 0.2) is 0 Å². The van der Waals surface area contributed by atoms with Gasteiger partial charge in [-0.25, -0.2) is 0 Å². The molecule has 0 saturated heterocycles. The second-order valence-electron chi connectivity index (χ2n) is 3.53. The van der Waals surface area contributed by atoms with Gasteiger partial charge in [-0.3, -0.25) is 4.98 Å². The minimum absolute atomic E-state index is 0.691. The maximum absolute atomic E-state index is 5.86. The largest absolute Gasteiger partial charge is 0.496 e. The number of para-hydroxylation sites is 1. The third kappa shape index (κ3) is 2.14. The maximum Gasteiger partial charge on any atom is 0.122 e. The van der Waals surface area contributed by atoms with Crippen molar-refractivity contribution >= 4 is 5.69 Å². The summed E-state index contributed by atoms with van der Waals surface area (Å²) >= 11 is 0. The molecule has 0 radical (unpaired) electrons. The predicted octanol–water partition coefficient (Wildman–Crippen LogP) is 2.26. The number of rotatable bonds is 3. The molecule has 1 aromatic carbocycles. The molecule has 2 rings (SSSR count). The minimum atomic E-state index is 0.691. The van der Waals surface area contributed by atoms with Crippen LogP contribution in [0, 0.1) is 0 Å². The van der Waals surface area contributed by atoms with Gasteiger partial charge < -0.3 is 10.5 Å². The van der Waals surface area contributed by atoms with Gasteiger partial charge in [0.2, 0.25) is 0 Å². The monoisotopic (exact) mass is 214 g/mol. The average Bonchev–Trinajstić information content (AvgIpc) is 2.33. The summed E-state index contributed by atoms with van der Waals surface area (Å²) in [5, 5.41) is 0. The molecule has 0 saturated carbocycles. The highest BCUT2D eigenvalue weighted by molar-refractivity contribution is 5.46. The summed E-state index contributed by atoms with van der Waals surface area (Å²) in [6.07, 6.45) is 2.44. The Kier molecular flexibility index (Phi) is 3.05. The maximum atomic E-state index is 5.86. The smallest absolute Gasteiger partial charge is 0.122 e. The highest BCUT2D eigenvalue weighted by Crippen LogP contribution is 2.22. The van der Waals surface area contributed by atoms with E-state index in [1.165, 1.54) is 0 Å². The molecule has 3 nitrogen and oxygen atoms in total. The van der Waals surface area contributed by atoms with E-state index in [9.17, 15) is 0 Å². The Hall–Kier alpha value is -2.03. The van der Waals surface area contributed by atoms with E-state index in [1.807, 2.05) is 36.4 Å². The zero-order valence-electron chi connectivity index (χ0n) is 9.18. The van der Waals surface area contributed by atoms with Crippen molar-refractivity contribution in [2.24, 2.45) is 0 Å². The molecule has 16 heavy (non-hydrogen) atoms. The first-order chi connectivity index (χ1) is 7.81. The normalized spacial score (nSPS) is 10.1. The fourth-order valence-electron chi connectivity index (χ4n) is 1.63. The Morgan fingerprint density at radius 3 is 2.75 bits per heavy atom. The summed E-state index contributed by atoms with van der Waals surface area (Å²) in [4.78, 5) is 4.27. The van der Waals surface area contributed by atoms with Crippen LogP contribution >= 0.6 is 0 Å². The number of hydrogen-bond donors (Lipinski definition) is 1. The van der Waals surface area contributed by atoms with E-state index in [2.05, 4.69) is 4.98 Å². The standard InChI is InChI=1S/C13H14N2O/c1-16-13-7-3-2-5-10(13)9-12-11(14)6-4-8-15-12/h2-8H,9,14H2,1H3. The molecule has 0 aliphatic heterocycles. The Balaban J connectivity index is 2.30. The van der Waals surface area contributed by atoms with E-state index in [4.69, 9.17) is 10.5 Å². The first-order valence-electron chi connectivity index (χ1n) is 5.12. The number of anilines is 1. The molecule has 0 amide bonds. The molecule has 0 spiro atoms. The second kappa shape index (κ2) is 4.66. The number of benzene rings is 1. The third-order valence-electron chi connectivity index (χ3n) is 2.48. The van der Waals surface area contributed by atoms with E-state index in [-0.39, 0.29) is 0 Å². The average molecular weight is 214 g/mol. The lowest BCUT2D eigenvalue weighted by atomic mass is 10.1. The first-order valence-corrected chi connectivity index (χ1v) is 5.12. The fraction of sp³-hybridized carbons (Fsp3) is 0.154. The van der Waals surface area contributed by atoms with Crippen molar-refractivity contribution in [3.8, 4) is 5.75 Å². The number of ether oxygens (including phenoxy) is 1.